The average Bonchev–Trinajstić information content (AvgIpc) is 3.03. The molecule has 0 radical (unpaired) electrons. The molecular formula is C17H22N4O. The summed E-state index contributed by atoms with van der Waals surface area (Å²) in [7, 11) is 0. The standard InChI is InChI=1S/C17H22N4O/c18-17(21-14-9-5-2-6-10-14)19-11-15-16(22-12-20-15)13-7-3-1-4-8-13/h1,3-4,7-8,12,14H,2,5-6,9-11H2,(H3,18,19,21). The van der Waals surface area contributed by atoms with Crippen LogP contribution in [0.4, 0.5) is 0 Å². The zero-order chi connectivity index (χ0) is 15.2. The second-order valence-corrected chi connectivity index (χ2v) is 5.67. The summed E-state index contributed by atoms with van der Waals surface area (Å²) in [6.45, 7) is 0.423. The normalized spacial score (nSPS) is 16.6. The molecule has 22 heavy (non-hydrogen) atoms. The smallest absolute Gasteiger partial charge is 0.189 e. The summed E-state index contributed by atoms with van der Waals surface area (Å²) < 4.78 is 5.49. The van der Waals surface area contributed by atoms with Gasteiger partial charge in [-0.3, -0.25) is 0 Å². The largest absolute Gasteiger partial charge is 0.443 e. The minimum absolute atomic E-state index is 0.423. The Morgan fingerprint density at radius 3 is 2.77 bits per heavy atom. The lowest BCUT2D eigenvalue weighted by atomic mass is 9.96. The molecule has 1 aromatic carbocycles. The van der Waals surface area contributed by atoms with Gasteiger partial charge in [0.05, 0.1) is 6.54 Å². The van der Waals surface area contributed by atoms with Crippen molar-refractivity contribution < 1.29 is 4.42 Å². The summed E-state index contributed by atoms with van der Waals surface area (Å²) in [6, 6.07) is 10.4. The van der Waals surface area contributed by atoms with Crippen LogP contribution in [0.1, 0.15) is 37.8 Å². The number of hydrogen-bond acceptors (Lipinski definition) is 3. The number of oxazole rings is 1. The number of benzene rings is 1. The Balaban J connectivity index is 1.64. The first kappa shape index (κ1) is 14.6. The molecule has 116 valence electrons. The van der Waals surface area contributed by atoms with Gasteiger partial charge in [0.25, 0.3) is 0 Å². The molecule has 0 spiro atoms. The predicted octanol–water partition coefficient (Wildman–Crippen LogP) is 3.08. The Hall–Kier alpha value is -2.30. The highest BCUT2D eigenvalue weighted by atomic mass is 16.3. The van der Waals surface area contributed by atoms with E-state index in [4.69, 9.17) is 10.2 Å². The summed E-state index contributed by atoms with van der Waals surface area (Å²) >= 11 is 0. The third kappa shape index (κ3) is 3.67. The number of nitrogens with zero attached hydrogens (tertiary/aromatic N) is 2. The number of hydrogen-bond donors (Lipinski definition) is 2. The van der Waals surface area contributed by atoms with Gasteiger partial charge >= 0.3 is 0 Å². The van der Waals surface area contributed by atoms with Gasteiger partial charge in [-0.1, -0.05) is 49.6 Å². The zero-order valence-electron chi connectivity index (χ0n) is 12.7. The van der Waals surface area contributed by atoms with E-state index in [9.17, 15) is 0 Å². The summed E-state index contributed by atoms with van der Waals surface area (Å²) in [6.07, 6.45) is 7.68. The Labute approximate surface area is 130 Å². The fourth-order valence-electron chi connectivity index (χ4n) is 2.87. The number of rotatable bonds is 4. The molecule has 1 saturated carbocycles. The van der Waals surface area contributed by atoms with E-state index in [2.05, 4.69) is 15.3 Å². The maximum Gasteiger partial charge on any atom is 0.189 e. The van der Waals surface area contributed by atoms with Crippen molar-refractivity contribution >= 4 is 5.96 Å². The topological polar surface area (TPSA) is 76.4 Å². The van der Waals surface area contributed by atoms with E-state index in [0.717, 1.165) is 17.0 Å². The molecule has 3 N–H and O–H groups in total. The molecule has 1 aliphatic carbocycles. The van der Waals surface area contributed by atoms with Crippen molar-refractivity contribution in [1.82, 2.24) is 10.3 Å². The van der Waals surface area contributed by atoms with Crippen LogP contribution in [0.25, 0.3) is 11.3 Å². The molecule has 1 heterocycles. The quantitative estimate of drug-likeness (QED) is 0.672. The lowest BCUT2D eigenvalue weighted by molar-refractivity contribution is 0.412. The van der Waals surface area contributed by atoms with Gasteiger partial charge in [-0.05, 0) is 12.8 Å². The molecule has 0 bridgehead atoms. The highest BCUT2D eigenvalue weighted by Gasteiger charge is 2.14. The molecule has 1 aliphatic rings. The van der Waals surface area contributed by atoms with Crippen molar-refractivity contribution in [3.63, 3.8) is 0 Å². The number of guanidine groups is 1. The van der Waals surface area contributed by atoms with Gasteiger partial charge in [-0.15, -0.1) is 0 Å². The van der Waals surface area contributed by atoms with Gasteiger partial charge in [-0.2, -0.15) is 0 Å². The third-order valence-corrected chi connectivity index (χ3v) is 4.03. The van der Waals surface area contributed by atoms with Crippen LogP contribution in [0.15, 0.2) is 46.1 Å². The lowest BCUT2D eigenvalue weighted by Gasteiger charge is -2.23. The fraction of sp³-hybridized carbons (Fsp3) is 0.412. The summed E-state index contributed by atoms with van der Waals surface area (Å²) in [5, 5.41) is 3.31. The molecule has 0 amide bonds. The monoisotopic (exact) mass is 298 g/mol. The van der Waals surface area contributed by atoms with E-state index in [1.807, 2.05) is 30.3 Å². The molecule has 5 nitrogen and oxygen atoms in total. The first-order chi connectivity index (χ1) is 10.8. The van der Waals surface area contributed by atoms with Crippen LogP contribution in [0.3, 0.4) is 0 Å². The SMILES string of the molecule is NC(=NCc1ncoc1-c1ccccc1)NC1CCCCC1. The molecule has 1 aromatic heterocycles. The Morgan fingerprint density at radius 1 is 1.23 bits per heavy atom. The van der Waals surface area contributed by atoms with Crippen molar-refractivity contribution in [2.24, 2.45) is 10.7 Å². The van der Waals surface area contributed by atoms with Crippen molar-refractivity contribution in [2.75, 3.05) is 0 Å². The van der Waals surface area contributed by atoms with E-state index in [-0.39, 0.29) is 0 Å². The van der Waals surface area contributed by atoms with E-state index >= 15 is 0 Å². The Morgan fingerprint density at radius 2 is 2.00 bits per heavy atom. The van der Waals surface area contributed by atoms with Crippen LogP contribution in [-0.4, -0.2) is 17.0 Å². The summed E-state index contributed by atoms with van der Waals surface area (Å²) in [5.74, 6) is 1.25. The number of nitrogens with two attached hydrogens (primary N) is 1. The predicted molar refractivity (Wildman–Crippen MR) is 87.3 cm³/mol. The van der Waals surface area contributed by atoms with Crippen LogP contribution < -0.4 is 11.1 Å². The molecule has 0 atom stereocenters. The third-order valence-electron chi connectivity index (χ3n) is 4.03. The van der Waals surface area contributed by atoms with Gasteiger partial charge in [-0.25, -0.2) is 9.98 Å². The number of aromatic nitrogens is 1. The van der Waals surface area contributed by atoms with Crippen LogP contribution in [-0.2, 0) is 6.54 Å². The molecule has 3 rings (SSSR count). The minimum atomic E-state index is 0.423. The minimum Gasteiger partial charge on any atom is -0.443 e. The van der Waals surface area contributed by atoms with E-state index in [1.165, 1.54) is 38.5 Å². The number of nitrogens with one attached hydrogen (secondary N) is 1. The van der Waals surface area contributed by atoms with Crippen molar-refractivity contribution in [1.29, 1.82) is 0 Å². The summed E-state index contributed by atoms with van der Waals surface area (Å²) in [4.78, 5) is 8.66. The maximum atomic E-state index is 5.99. The molecule has 0 saturated heterocycles. The van der Waals surface area contributed by atoms with Crippen molar-refractivity contribution in [3.8, 4) is 11.3 Å². The van der Waals surface area contributed by atoms with Gasteiger partial charge in [0.15, 0.2) is 18.1 Å². The maximum absolute atomic E-state index is 5.99. The van der Waals surface area contributed by atoms with Crippen LogP contribution in [0, 0.1) is 0 Å². The number of aliphatic imine (C=N–C) groups is 1. The van der Waals surface area contributed by atoms with E-state index in [1.54, 1.807) is 0 Å². The average molecular weight is 298 g/mol. The molecule has 5 heteroatoms. The Kier molecular flexibility index (Phi) is 4.73. The van der Waals surface area contributed by atoms with E-state index < -0.39 is 0 Å². The molecular weight excluding hydrogens is 276 g/mol. The van der Waals surface area contributed by atoms with Gasteiger partial charge in [0, 0.05) is 11.6 Å². The molecule has 1 fully saturated rings. The first-order valence-corrected chi connectivity index (χ1v) is 7.87. The second-order valence-electron chi connectivity index (χ2n) is 5.67. The highest BCUT2D eigenvalue weighted by Crippen LogP contribution is 2.23. The van der Waals surface area contributed by atoms with E-state index in [0.29, 0.717) is 18.5 Å². The van der Waals surface area contributed by atoms with Crippen LogP contribution >= 0.6 is 0 Å². The van der Waals surface area contributed by atoms with Crippen molar-refractivity contribution in [2.45, 2.75) is 44.7 Å². The van der Waals surface area contributed by atoms with Gasteiger partial charge in [0.2, 0.25) is 0 Å². The highest BCUT2D eigenvalue weighted by molar-refractivity contribution is 5.78. The first-order valence-electron chi connectivity index (χ1n) is 7.87. The lowest BCUT2D eigenvalue weighted by Crippen LogP contribution is -2.41. The fourth-order valence-corrected chi connectivity index (χ4v) is 2.87. The second kappa shape index (κ2) is 7.11. The molecule has 0 unspecified atom stereocenters. The molecule has 2 aromatic rings. The Bertz CT molecular complexity index is 615. The van der Waals surface area contributed by atoms with Crippen molar-refractivity contribution in [3.05, 3.63) is 42.4 Å². The van der Waals surface area contributed by atoms with Gasteiger partial charge < -0.3 is 15.5 Å². The zero-order valence-corrected chi connectivity index (χ0v) is 12.7. The van der Waals surface area contributed by atoms with Crippen LogP contribution in [0.5, 0.6) is 0 Å². The molecule has 0 aliphatic heterocycles. The van der Waals surface area contributed by atoms with Crippen LogP contribution in [0.2, 0.25) is 0 Å². The van der Waals surface area contributed by atoms with Gasteiger partial charge in [0.1, 0.15) is 5.69 Å². The summed E-state index contributed by atoms with van der Waals surface area (Å²) in [5.41, 5.74) is 7.80.